The molecule has 1 atom stereocenters. The molecule has 2 heterocycles. The summed E-state index contributed by atoms with van der Waals surface area (Å²) in [6.45, 7) is 0. The number of aliphatic hydroxyl groups is 1. The van der Waals surface area contributed by atoms with Gasteiger partial charge in [0.15, 0.2) is 23.2 Å². The van der Waals surface area contributed by atoms with Gasteiger partial charge in [-0.05, 0) is 42.0 Å². The number of phenolic OH excluding ortho intramolecular Hbond substituents is 1. The van der Waals surface area contributed by atoms with Crippen LogP contribution in [-0.2, 0) is 4.79 Å². The van der Waals surface area contributed by atoms with Gasteiger partial charge >= 0.3 is 0 Å². The fourth-order valence-corrected chi connectivity index (χ4v) is 3.48. The third-order valence-electron chi connectivity index (χ3n) is 4.67. The molecule has 152 valence electrons. The molecular weight excluding hydrogens is 420 g/mol. The lowest BCUT2D eigenvalue weighted by Crippen LogP contribution is -2.31. The van der Waals surface area contributed by atoms with E-state index in [0.717, 1.165) is 23.1 Å². The minimum Gasteiger partial charge on any atom is -0.506 e. The van der Waals surface area contributed by atoms with E-state index in [4.69, 9.17) is 16.0 Å². The molecule has 1 aliphatic rings. The summed E-state index contributed by atoms with van der Waals surface area (Å²) < 4.78 is 32.4. The smallest absolute Gasteiger partial charge is 0.294 e. The van der Waals surface area contributed by atoms with Crippen LogP contribution in [0.25, 0.3) is 0 Å². The summed E-state index contributed by atoms with van der Waals surface area (Å²) in [5, 5.41) is 20.2. The number of amides is 1. The van der Waals surface area contributed by atoms with Crippen LogP contribution in [0.2, 0.25) is 5.02 Å². The van der Waals surface area contributed by atoms with Crippen molar-refractivity contribution in [3.63, 3.8) is 0 Å². The number of benzene rings is 2. The summed E-state index contributed by atoms with van der Waals surface area (Å²) >= 11 is 5.99. The molecule has 1 amide bonds. The first-order valence-corrected chi connectivity index (χ1v) is 8.95. The number of rotatable bonds is 4. The second-order valence-electron chi connectivity index (χ2n) is 6.46. The van der Waals surface area contributed by atoms with E-state index < -0.39 is 35.1 Å². The van der Waals surface area contributed by atoms with Gasteiger partial charge in [-0.2, -0.15) is 0 Å². The number of phenols is 1. The Labute approximate surface area is 173 Å². The molecule has 4 rings (SSSR count). The molecule has 0 saturated carbocycles. The van der Waals surface area contributed by atoms with Crippen LogP contribution in [0, 0.1) is 11.6 Å². The van der Waals surface area contributed by atoms with Gasteiger partial charge in [0, 0.05) is 11.8 Å². The molecule has 0 aliphatic carbocycles. The number of furan rings is 1. The summed E-state index contributed by atoms with van der Waals surface area (Å²) in [5.74, 6) is -5.35. The highest BCUT2D eigenvalue weighted by atomic mass is 35.5. The number of hydrogen-bond donors (Lipinski definition) is 2. The lowest BCUT2D eigenvalue weighted by molar-refractivity contribution is -0.117. The summed E-state index contributed by atoms with van der Waals surface area (Å²) in [4.78, 5) is 26.8. The lowest BCUT2D eigenvalue weighted by atomic mass is 9.94. The summed E-state index contributed by atoms with van der Waals surface area (Å²) in [6.07, 6.45) is 1.25. The molecule has 0 fully saturated rings. The molecule has 0 bridgehead atoms. The topological polar surface area (TPSA) is 91.0 Å². The van der Waals surface area contributed by atoms with Crippen LogP contribution >= 0.6 is 11.6 Å². The maximum Gasteiger partial charge on any atom is 0.294 e. The zero-order valence-corrected chi connectivity index (χ0v) is 15.7. The average Bonchev–Trinajstić information content (AvgIpc) is 3.34. The number of Topliss-reactive ketones (excluding diaryl/α,β-unsaturated/α-hetero) is 1. The van der Waals surface area contributed by atoms with Crippen LogP contribution in [0.15, 0.2) is 70.5 Å². The van der Waals surface area contributed by atoms with Gasteiger partial charge in [0.2, 0.25) is 5.78 Å². The van der Waals surface area contributed by atoms with Gasteiger partial charge in [-0.3, -0.25) is 14.5 Å². The number of nitrogens with zero attached hydrogens (tertiary/aromatic N) is 1. The van der Waals surface area contributed by atoms with E-state index in [1.807, 2.05) is 0 Å². The highest BCUT2D eigenvalue weighted by Crippen LogP contribution is 2.43. The van der Waals surface area contributed by atoms with Gasteiger partial charge in [0.25, 0.3) is 5.91 Å². The zero-order valence-electron chi connectivity index (χ0n) is 15.0. The van der Waals surface area contributed by atoms with Gasteiger partial charge in [-0.15, -0.1) is 0 Å². The van der Waals surface area contributed by atoms with E-state index >= 15 is 0 Å². The Morgan fingerprint density at radius 1 is 1.07 bits per heavy atom. The number of ketones is 1. The van der Waals surface area contributed by atoms with Gasteiger partial charge in [-0.1, -0.05) is 17.7 Å². The van der Waals surface area contributed by atoms with Crippen molar-refractivity contribution in [3.8, 4) is 5.75 Å². The van der Waals surface area contributed by atoms with E-state index in [1.54, 1.807) is 0 Å². The number of carbonyl (C=O) groups excluding carboxylic acids is 2. The Morgan fingerprint density at radius 3 is 2.47 bits per heavy atom. The lowest BCUT2D eigenvalue weighted by Gasteiger charge is -2.27. The minimum absolute atomic E-state index is 0.0682. The van der Waals surface area contributed by atoms with Crippen LogP contribution in [0.1, 0.15) is 22.2 Å². The fraction of sp³-hybridized carbons (Fsp3) is 0.0476. The predicted octanol–water partition coefficient (Wildman–Crippen LogP) is 4.70. The molecule has 9 heteroatoms. The fourth-order valence-electron chi connectivity index (χ4n) is 3.29. The molecule has 30 heavy (non-hydrogen) atoms. The van der Waals surface area contributed by atoms with E-state index in [0.29, 0.717) is 0 Å². The van der Waals surface area contributed by atoms with Gasteiger partial charge in [0.05, 0.1) is 22.9 Å². The Bertz CT molecular complexity index is 1210. The van der Waals surface area contributed by atoms with Gasteiger partial charge in [0.1, 0.15) is 5.75 Å². The Hall–Kier alpha value is -3.65. The van der Waals surface area contributed by atoms with Crippen molar-refractivity contribution in [3.05, 3.63) is 94.1 Å². The first-order valence-electron chi connectivity index (χ1n) is 8.58. The number of aromatic hydroxyl groups is 1. The van der Waals surface area contributed by atoms with Crippen molar-refractivity contribution >= 4 is 29.0 Å². The maximum absolute atomic E-state index is 13.9. The Kier molecular flexibility index (Phi) is 4.79. The molecule has 6 nitrogen and oxygen atoms in total. The molecule has 0 radical (unpaired) electrons. The van der Waals surface area contributed by atoms with Gasteiger partial charge in [-0.25, -0.2) is 8.78 Å². The summed E-state index contributed by atoms with van der Waals surface area (Å²) in [7, 11) is 0. The van der Waals surface area contributed by atoms with E-state index in [9.17, 15) is 28.6 Å². The summed E-state index contributed by atoms with van der Waals surface area (Å²) in [5.41, 5.74) is -0.182. The molecule has 0 spiro atoms. The highest BCUT2D eigenvalue weighted by molar-refractivity contribution is 6.32. The first-order chi connectivity index (χ1) is 14.3. The third kappa shape index (κ3) is 3.11. The summed E-state index contributed by atoms with van der Waals surface area (Å²) in [6, 6.07) is 8.25. The number of carbonyl (C=O) groups is 2. The largest absolute Gasteiger partial charge is 0.506 e. The number of anilines is 1. The first kappa shape index (κ1) is 19.7. The second kappa shape index (κ2) is 7.31. The van der Waals surface area contributed by atoms with Gasteiger partial charge < -0.3 is 14.6 Å². The molecule has 1 unspecified atom stereocenters. The quantitative estimate of drug-likeness (QED) is 0.584. The standard InChI is InChI=1S/C21H12ClF2NO5/c22-12-8-10(3-6-15(12)26)18-17(19(27)16-2-1-7-30-16)20(28)21(29)25(18)11-4-5-13(23)14(24)9-11/h1-9,18,26,28H. The maximum atomic E-state index is 13.9. The highest BCUT2D eigenvalue weighted by Gasteiger charge is 2.45. The van der Waals surface area contributed by atoms with Crippen molar-refractivity contribution in [1.82, 2.24) is 0 Å². The molecule has 2 N–H and O–H groups in total. The number of aliphatic hydroxyl groups excluding tert-OH is 1. The molecule has 2 aromatic carbocycles. The Morgan fingerprint density at radius 2 is 1.83 bits per heavy atom. The number of halogens is 3. The normalized spacial score (nSPS) is 16.4. The van der Waals surface area contributed by atoms with Crippen molar-refractivity contribution in [2.24, 2.45) is 0 Å². The minimum atomic E-state index is -1.24. The van der Waals surface area contributed by atoms with E-state index in [2.05, 4.69) is 0 Å². The number of hydrogen-bond acceptors (Lipinski definition) is 5. The predicted molar refractivity (Wildman–Crippen MR) is 102 cm³/mol. The van der Waals surface area contributed by atoms with Crippen LogP contribution < -0.4 is 4.90 Å². The van der Waals surface area contributed by atoms with Crippen LogP contribution in [0.3, 0.4) is 0 Å². The third-order valence-corrected chi connectivity index (χ3v) is 4.97. The molecule has 1 aliphatic heterocycles. The van der Waals surface area contributed by atoms with Crippen molar-refractivity contribution in [2.45, 2.75) is 6.04 Å². The van der Waals surface area contributed by atoms with Crippen LogP contribution in [0.5, 0.6) is 5.75 Å². The zero-order chi connectivity index (χ0) is 21.6. The average molecular weight is 432 g/mol. The SMILES string of the molecule is O=C(C1=C(O)C(=O)N(c2ccc(F)c(F)c2)C1c1ccc(O)c(Cl)c1)c1ccco1. The monoisotopic (exact) mass is 431 g/mol. The molecule has 0 saturated heterocycles. The Balaban J connectivity index is 1.91. The van der Waals surface area contributed by atoms with Crippen molar-refractivity contribution in [1.29, 1.82) is 0 Å². The van der Waals surface area contributed by atoms with E-state index in [1.165, 1.54) is 36.6 Å². The second-order valence-corrected chi connectivity index (χ2v) is 6.86. The van der Waals surface area contributed by atoms with E-state index in [-0.39, 0.29) is 33.4 Å². The molecule has 3 aromatic rings. The van der Waals surface area contributed by atoms with Crippen molar-refractivity contribution < 1.29 is 33.0 Å². The van der Waals surface area contributed by atoms with Crippen LogP contribution in [-0.4, -0.2) is 21.9 Å². The molecule has 1 aromatic heterocycles. The molecular formula is C21H12ClF2NO5. The van der Waals surface area contributed by atoms with Crippen LogP contribution in [0.4, 0.5) is 14.5 Å². The van der Waals surface area contributed by atoms with Crippen molar-refractivity contribution in [2.75, 3.05) is 4.90 Å².